The Morgan fingerprint density at radius 1 is 0.947 bits per heavy atom. The molecule has 1 aromatic rings. The molecule has 4 nitrogen and oxygen atoms in total. The first-order chi connectivity index (χ1) is 9.10. The van der Waals surface area contributed by atoms with Crippen LogP contribution in [0.5, 0.6) is 0 Å². The Morgan fingerprint density at radius 3 is 2.00 bits per heavy atom. The maximum Gasteiger partial charge on any atom is 0.249 e. The Labute approximate surface area is 115 Å². The van der Waals surface area contributed by atoms with Gasteiger partial charge in [-0.2, -0.15) is 0 Å². The minimum atomic E-state index is -0.362. The van der Waals surface area contributed by atoms with Crippen LogP contribution in [0.15, 0.2) is 15.7 Å². The fourth-order valence-corrected chi connectivity index (χ4v) is 2.36. The van der Waals surface area contributed by atoms with Gasteiger partial charge in [0.1, 0.15) is 0 Å². The molecule has 0 spiro atoms. The lowest BCUT2D eigenvalue weighted by Crippen LogP contribution is -2.38. The minimum absolute atomic E-state index is 0.332. The van der Waals surface area contributed by atoms with Crippen molar-refractivity contribution in [3.05, 3.63) is 26.5 Å². The lowest BCUT2D eigenvalue weighted by Gasteiger charge is -2.22. The lowest BCUT2D eigenvalue weighted by molar-refractivity contribution is 0.269. The van der Waals surface area contributed by atoms with Crippen LogP contribution in [0.4, 0.5) is 5.69 Å². The molecular weight excluding hydrogens is 240 g/mol. The summed E-state index contributed by atoms with van der Waals surface area (Å²) in [6.07, 6.45) is 4.59. The predicted molar refractivity (Wildman–Crippen MR) is 80.9 cm³/mol. The van der Waals surface area contributed by atoms with Gasteiger partial charge in [0.05, 0.1) is 5.69 Å². The highest BCUT2D eigenvalue weighted by atomic mass is 16.2. The van der Waals surface area contributed by atoms with Crippen LogP contribution in [-0.2, 0) is 0 Å². The smallest absolute Gasteiger partial charge is 0.249 e. The SMILES string of the molecule is CCCN(CCC)CCCCN(C)c1cc(=O)c1=O. The van der Waals surface area contributed by atoms with Crippen LogP contribution in [0, 0.1) is 0 Å². The summed E-state index contributed by atoms with van der Waals surface area (Å²) in [4.78, 5) is 26.5. The molecule has 1 aromatic carbocycles. The van der Waals surface area contributed by atoms with Crippen molar-refractivity contribution >= 4 is 5.69 Å². The Hall–Kier alpha value is -1.16. The largest absolute Gasteiger partial charge is 0.371 e. The summed E-state index contributed by atoms with van der Waals surface area (Å²) in [5.41, 5.74) is -0.121. The second-order valence-electron chi connectivity index (χ2n) is 5.19. The summed E-state index contributed by atoms with van der Waals surface area (Å²) in [5.74, 6) is 0. The molecule has 0 atom stereocenters. The summed E-state index contributed by atoms with van der Waals surface area (Å²) in [6, 6.07) is 1.43. The van der Waals surface area contributed by atoms with Crippen LogP contribution in [0.2, 0.25) is 0 Å². The second-order valence-corrected chi connectivity index (χ2v) is 5.19. The number of hydrogen-bond acceptors (Lipinski definition) is 4. The van der Waals surface area contributed by atoms with Crippen molar-refractivity contribution in [3.8, 4) is 0 Å². The standard InChI is InChI=1S/C15H26N2O2/c1-4-8-17(9-5-2)11-7-6-10-16(3)13-12-14(18)15(13)19/h12H,4-11H2,1-3H3. The molecule has 0 saturated heterocycles. The van der Waals surface area contributed by atoms with E-state index in [1.54, 1.807) is 0 Å². The number of rotatable bonds is 10. The third-order valence-corrected chi connectivity index (χ3v) is 3.43. The van der Waals surface area contributed by atoms with Gasteiger partial charge in [0.15, 0.2) is 0 Å². The minimum Gasteiger partial charge on any atom is -0.371 e. The van der Waals surface area contributed by atoms with E-state index >= 15 is 0 Å². The van der Waals surface area contributed by atoms with Crippen molar-refractivity contribution in [1.29, 1.82) is 0 Å². The van der Waals surface area contributed by atoms with Gasteiger partial charge in [0.2, 0.25) is 10.9 Å². The molecular formula is C15H26N2O2. The van der Waals surface area contributed by atoms with Crippen LogP contribution in [0.25, 0.3) is 0 Å². The van der Waals surface area contributed by atoms with Gasteiger partial charge in [-0.05, 0) is 45.3 Å². The zero-order valence-electron chi connectivity index (χ0n) is 12.4. The van der Waals surface area contributed by atoms with Gasteiger partial charge in [0, 0.05) is 19.7 Å². The number of hydrogen-bond donors (Lipinski definition) is 0. The molecule has 0 aliphatic heterocycles. The van der Waals surface area contributed by atoms with Crippen LogP contribution >= 0.6 is 0 Å². The van der Waals surface area contributed by atoms with Crippen LogP contribution in [0.1, 0.15) is 39.5 Å². The lowest BCUT2D eigenvalue weighted by atomic mass is 10.2. The summed E-state index contributed by atoms with van der Waals surface area (Å²) < 4.78 is 0. The molecule has 108 valence electrons. The number of anilines is 1. The van der Waals surface area contributed by atoms with Gasteiger partial charge in [-0.25, -0.2) is 0 Å². The van der Waals surface area contributed by atoms with Crippen molar-refractivity contribution < 1.29 is 0 Å². The van der Waals surface area contributed by atoms with E-state index in [1.807, 2.05) is 11.9 Å². The predicted octanol–water partition coefficient (Wildman–Crippen LogP) is 1.62. The second kappa shape index (κ2) is 8.10. The van der Waals surface area contributed by atoms with E-state index in [2.05, 4.69) is 18.7 Å². The average Bonchev–Trinajstić information content (AvgIpc) is 2.40. The summed E-state index contributed by atoms with van der Waals surface area (Å²) in [5, 5.41) is 0. The fraction of sp³-hybridized carbons (Fsp3) is 0.733. The van der Waals surface area contributed by atoms with E-state index in [9.17, 15) is 9.59 Å². The quantitative estimate of drug-likeness (QED) is 0.477. The Kier molecular flexibility index (Phi) is 6.78. The maximum absolute atomic E-state index is 11.2. The molecule has 0 N–H and O–H groups in total. The summed E-state index contributed by atoms with van der Waals surface area (Å²) >= 11 is 0. The molecule has 0 aromatic heterocycles. The molecule has 0 aliphatic carbocycles. The van der Waals surface area contributed by atoms with E-state index in [4.69, 9.17) is 0 Å². The topological polar surface area (TPSA) is 40.6 Å². The van der Waals surface area contributed by atoms with Crippen molar-refractivity contribution in [1.82, 2.24) is 4.90 Å². The van der Waals surface area contributed by atoms with Crippen LogP contribution < -0.4 is 15.8 Å². The van der Waals surface area contributed by atoms with Crippen LogP contribution in [0.3, 0.4) is 0 Å². The maximum atomic E-state index is 11.2. The zero-order valence-corrected chi connectivity index (χ0v) is 12.4. The molecule has 0 saturated carbocycles. The fourth-order valence-electron chi connectivity index (χ4n) is 2.36. The average molecular weight is 266 g/mol. The molecule has 0 fully saturated rings. The van der Waals surface area contributed by atoms with Crippen molar-refractivity contribution in [2.24, 2.45) is 0 Å². The number of unbranched alkanes of at least 4 members (excludes halogenated alkanes) is 1. The molecule has 0 bridgehead atoms. The zero-order chi connectivity index (χ0) is 14.3. The molecule has 0 amide bonds. The first kappa shape index (κ1) is 15.9. The number of nitrogens with zero attached hydrogens (tertiary/aromatic N) is 2. The Bertz CT molecular complexity index is 429. The van der Waals surface area contributed by atoms with Crippen LogP contribution in [-0.4, -0.2) is 38.1 Å². The van der Waals surface area contributed by atoms with Gasteiger partial charge in [-0.3, -0.25) is 9.59 Å². The molecule has 19 heavy (non-hydrogen) atoms. The Balaban J connectivity index is 2.21. The highest BCUT2D eigenvalue weighted by Gasteiger charge is 2.13. The first-order valence-electron chi connectivity index (χ1n) is 7.34. The van der Waals surface area contributed by atoms with Crippen molar-refractivity contribution in [2.75, 3.05) is 38.1 Å². The molecule has 1 rings (SSSR count). The van der Waals surface area contributed by atoms with E-state index in [0.29, 0.717) is 5.69 Å². The Morgan fingerprint density at radius 2 is 1.53 bits per heavy atom. The highest BCUT2D eigenvalue weighted by Crippen LogP contribution is 2.06. The van der Waals surface area contributed by atoms with Crippen molar-refractivity contribution in [2.45, 2.75) is 39.5 Å². The van der Waals surface area contributed by atoms with Gasteiger partial charge < -0.3 is 9.80 Å². The van der Waals surface area contributed by atoms with E-state index < -0.39 is 0 Å². The summed E-state index contributed by atoms with van der Waals surface area (Å²) in [7, 11) is 1.88. The highest BCUT2D eigenvalue weighted by molar-refractivity contribution is 5.49. The van der Waals surface area contributed by atoms with Crippen molar-refractivity contribution in [3.63, 3.8) is 0 Å². The molecule has 0 unspecified atom stereocenters. The molecule has 4 heteroatoms. The van der Waals surface area contributed by atoms with Gasteiger partial charge >= 0.3 is 0 Å². The molecule has 0 radical (unpaired) electrons. The molecule has 0 heterocycles. The van der Waals surface area contributed by atoms with E-state index in [1.165, 1.54) is 32.0 Å². The molecule has 0 aliphatic rings. The first-order valence-corrected chi connectivity index (χ1v) is 7.34. The van der Waals surface area contributed by atoms with Gasteiger partial charge in [-0.1, -0.05) is 13.8 Å². The van der Waals surface area contributed by atoms with E-state index in [0.717, 1.165) is 25.9 Å². The normalized spacial score (nSPS) is 11.4. The summed E-state index contributed by atoms with van der Waals surface area (Å²) in [6.45, 7) is 8.73. The van der Waals surface area contributed by atoms with Gasteiger partial charge in [-0.15, -0.1) is 0 Å². The monoisotopic (exact) mass is 266 g/mol. The third-order valence-electron chi connectivity index (χ3n) is 3.43. The van der Waals surface area contributed by atoms with E-state index in [-0.39, 0.29) is 10.9 Å². The van der Waals surface area contributed by atoms with Gasteiger partial charge in [0.25, 0.3) is 0 Å². The third kappa shape index (κ3) is 4.78.